The number of nitrogens with one attached hydrogen (secondary N) is 2. The summed E-state index contributed by atoms with van der Waals surface area (Å²) in [5.74, 6) is -0.635. The number of aromatic nitrogens is 1. The standard InChI is InChI=1S/C15H16FN3O2S/c16-12-6-13(8-17-7-12)22(20,21)19-15-10-18-9-14(15)11-4-2-1-3-5-11/h1-8,14-15,18-19H,9-10H2/t14-,15+/m0/s1. The summed E-state index contributed by atoms with van der Waals surface area (Å²) < 4.78 is 40.6. The second-order valence-corrected chi connectivity index (χ2v) is 6.96. The van der Waals surface area contributed by atoms with E-state index < -0.39 is 15.8 Å². The monoisotopic (exact) mass is 321 g/mol. The minimum Gasteiger partial charge on any atom is -0.314 e. The molecule has 1 fully saturated rings. The third-order valence-electron chi connectivity index (χ3n) is 3.74. The first kappa shape index (κ1) is 15.1. The van der Waals surface area contributed by atoms with Crippen LogP contribution < -0.4 is 10.0 Å². The normalized spacial score (nSPS) is 21.9. The Labute approximate surface area is 128 Å². The molecular formula is C15H16FN3O2S. The lowest BCUT2D eigenvalue weighted by Crippen LogP contribution is -2.39. The van der Waals surface area contributed by atoms with Crippen LogP contribution in [-0.4, -0.2) is 32.5 Å². The molecule has 7 heteroatoms. The smallest absolute Gasteiger partial charge is 0.242 e. The minimum atomic E-state index is -3.80. The molecule has 0 saturated carbocycles. The third-order valence-corrected chi connectivity index (χ3v) is 5.20. The molecule has 1 aromatic heterocycles. The van der Waals surface area contributed by atoms with Gasteiger partial charge in [-0.25, -0.2) is 17.5 Å². The Balaban J connectivity index is 1.82. The summed E-state index contributed by atoms with van der Waals surface area (Å²) in [4.78, 5) is 3.43. The predicted molar refractivity (Wildman–Crippen MR) is 80.4 cm³/mol. The molecule has 1 aromatic carbocycles. The van der Waals surface area contributed by atoms with Gasteiger partial charge < -0.3 is 5.32 Å². The molecule has 2 atom stereocenters. The summed E-state index contributed by atoms with van der Waals surface area (Å²) in [5.41, 5.74) is 1.07. The van der Waals surface area contributed by atoms with Gasteiger partial charge in [-0.1, -0.05) is 30.3 Å². The quantitative estimate of drug-likeness (QED) is 0.889. The summed E-state index contributed by atoms with van der Waals surface area (Å²) in [5, 5.41) is 3.19. The molecular weight excluding hydrogens is 305 g/mol. The molecule has 0 bridgehead atoms. The lowest BCUT2D eigenvalue weighted by atomic mass is 9.95. The number of benzene rings is 1. The first-order valence-electron chi connectivity index (χ1n) is 6.95. The highest BCUT2D eigenvalue weighted by Gasteiger charge is 2.32. The Kier molecular flexibility index (Phi) is 4.19. The zero-order valence-corrected chi connectivity index (χ0v) is 12.6. The van der Waals surface area contributed by atoms with Crippen molar-refractivity contribution >= 4 is 10.0 Å². The van der Waals surface area contributed by atoms with Crippen molar-refractivity contribution < 1.29 is 12.8 Å². The maximum atomic E-state index is 13.2. The zero-order chi connectivity index (χ0) is 15.6. The van der Waals surface area contributed by atoms with Crippen LogP contribution in [0.15, 0.2) is 53.7 Å². The van der Waals surface area contributed by atoms with Gasteiger partial charge in [0, 0.05) is 31.2 Å². The molecule has 22 heavy (non-hydrogen) atoms. The van der Waals surface area contributed by atoms with Gasteiger partial charge in [-0.15, -0.1) is 0 Å². The van der Waals surface area contributed by atoms with Crippen molar-refractivity contribution in [3.05, 3.63) is 60.2 Å². The average molecular weight is 321 g/mol. The molecule has 0 amide bonds. The van der Waals surface area contributed by atoms with Crippen LogP contribution in [0, 0.1) is 5.82 Å². The molecule has 1 aliphatic heterocycles. The van der Waals surface area contributed by atoms with Gasteiger partial charge in [0.1, 0.15) is 10.7 Å². The number of halogens is 1. The molecule has 2 N–H and O–H groups in total. The molecule has 1 saturated heterocycles. The summed E-state index contributed by atoms with van der Waals surface area (Å²) in [6, 6.07) is 10.4. The van der Waals surface area contributed by atoms with Gasteiger partial charge in [-0.05, 0) is 11.6 Å². The van der Waals surface area contributed by atoms with E-state index in [2.05, 4.69) is 15.0 Å². The van der Waals surface area contributed by atoms with E-state index in [0.717, 1.165) is 24.0 Å². The van der Waals surface area contributed by atoms with Gasteiger partial charge >= 0.3 is 0 Å². The number of rotatable bonds is 4. The van der Waals surface area contributed by atoms with Crippen LogP contribution in [0.2, 0.25) is 0 Å². The fraction of sp³-hybridized carbons (Fsp3) is 0.267. The average Bonchev–Trinajstić information content (AvgIpc) is 2.95. The van der Waals surface area contributed by atoms with Crippen molar-refractivity contribution in [2.24, 2.45) is 0 Å². The Morgan fingerprint density at radius 2 is 1.95 bits per heavy atom. The highest BCUT2D eigenvalue weighted by molar-refractivity contribution is 7.89. The molecule has 0 aliphatic carbocycles. The van der Waals surface area contributed by atoms with Gasteiger partial charge in [0.05, 0.1) is 6.20 Å². The van der Waals surface area contributed by atoms with E-state index in [1.165, 1.54) is 0 Å². The second-order valence-electron chi connectivity index (χ2n) is 5.24. The van der Waals surface area contributed by atoms with E-state index in [1.54, 1.807) is 0 Å². The molecule has 116 valence electrons. The highest BCUT2D eigenvalue weighted by Crippen LogP contribution is 2.24. The van der Waals surface area contributed by atoms with Crippen molar-refractivity contribution in [1.29, 1.82) is 0 Å². The van der Waals surface area contributed by atoms with Gasteiger partial charge in [0.15, 0.2) is 0 Å². The summed E-state index contributed by atoms with van der Waals surface area (Å²) >= 11 is 0. The molecule has 2 heterocycles. The number of nitrogens with zero attached hydrogens (tertiary/aromatic N) is 1. The van der Waals surface area contributed by atoms with Gasteiger partial charge in [0.25, 0.3) is 0 Å². The summed E-state index contributed by atoms with van der Waals surface area (Å²) in [7, 11) is -3.80. The maximum absolute atomic E-state index is 13.2. The Hall–Kier alpha value is -1.83. The molecule has 1 aliphatic rings. The topological polar surface area (TPSA) is 71.1 Å². The SMILES string of the molecule is O=S(=O)(N[C@@H]1CNC[C@H]1c1ccccc1)c1cncc(F)c1. The first-order valence-corrected chi connectivity index (χ1v) is 8.43. The van der Waals surface area contributed by atoms with E-state index in [4.69, 9.17) is 0 Å². The van der Waals surface area contributed by atoms with Crippen molar-refractivity contribution in [2.75, 3.05) is 13.1 Å². The van der Waals surface area contributed by atoms with Crippen molar-refractivity contribution in [1.82, 2.24) is 15.0 Å². The minimum absolute atomic E-state index is 0.0393. The molecule has 0 spiro atoms. The Bertz CT molecular complexity index is 752. The van der Waals surface area contributed by atoms with Gasteiger partial charge in [-0.2, -0.15) is 0 Å². The molecule has 3 rings (SSSR count). The fourth-order valence-electron chi connectivity index (χ4n) is 2.66. The van der Waals surface area contributed by atoms with Gasteiger partial charge in [0.2, 0.25) is 10.0 Å². The maximum Gasteiger partial charge on any atom is 0.242 e. The van der Waals surface area contributed by atoms with Crippen LogP contribution >= 0.6 is 0 Å². The van der Waals surface area contributed by atoms with Crippen LogP contribution in [0.4, 0.5) is 4.39 Å². The van der Waals surface area contributed by atoms with E-state index >= 15 is 0 Å². The second kappa shape index (κ2) is 6.12. The molecule has 2 aromatic rings. The van der Waals surface area contributed by atoms with E-state index in [1.807, 2.05) is 30.3 Å². The van der Waals surface area contributed by atoms with Crippen molar-refractivity contribution in [2.45, 2.75) is 16.9 Å². The van der Waals surface area contributed by atoms with Crippen LogP contribution in [0.1, 0.15) is 11.5 Å². The van der Waals surface area contributed by atoms with Crippen molar-refractivity contribution in [3.8, 4) is 0 Å². The number of hydrogen-bond donors (Lipinski definition) is 2. The molecule has 0 radical (unpaired) electrons. The van der Waals surface area contributed by atoms with E-state index in [0.29, 0.717) is 13.1 Å². The lowest BCUT2D eigenvalue weighted by Gasteiger charge is -2.20. The van der Waals surface area contributed by atoms with Crippen LogP contribution in [-0.2, 0) is 10.0 Å². The van der Waals surface area contributed by atoms with E-state index in [9.17, 15) is 12.8 Å². The number of pyridine rings is 1. The third kappa shape index (κ3) is 3.16. The number of sulfonamides is 1. The highest BCUT2D eigenvalue weighted by atomic mass is 32.2. The van der Waals surface area contributed by atoms with Crippen molar-refractivity contribution in [3.63, 3.8) is 0 Å². The fourth-order valence-corrected chi connectivity index (χ4v) is 3.91. The molecule has 5 nitrogen and oxygen atoms in total. The molecule has 0 unspecified atom stereocenters. The summed E-state index contributed by atoms with van der Waals surface area (Å²) in [6.45, 7) is 1.22. The van der Waals surface area contributed by atoms with Crippen LogP contribution in [0.3, 0.4) is 0 Å². The van der Waals surface area contributed by atoms with E-state index in [-0.39, 0.29) is 16.9 Å². The summed E-state index contributed by atoms with van der Waals surface area (Å²) in [6.07, 6.45) is 2.12. The zero-order valence-electron chi connectivity index (χ0n) is 11.7. The largest absolute Gasteiger partial charge is 0.314 e. The van der Waals surface area contributed by atoms with Gasteiger partial charge in [-0.3, -0.25) is 4.98 Å². The van der Waals surface area contributed by atoms with Crippen LogP contribution in [0.25, 0.3) is 0 Å². The van der Waals surface area contributed by atoms with Crippen LogP contribution in [0.5, 0.6) is 0 Å². The Morgan fingerprint density at radius 1 is 1.18 bits per heavy atom. The Morgan fingerprint density at radius 3 is 2.68 bits per heavy atom. The predicted octanol–water partition coefficient (Wildman–Crippen LogP) is 1.25. The number of hydrogen-bond acceptors (Lipinski definition) is 4. The first-order chi connectivity index (χ1) is 10.6. The lowest BCUT2D eigenvalue weighted by molar-refractivity contribution is 0.539.